The van der Waals surface area contributed by atoms with Crippen LogP contribution in [-0.4, -0.2) is 21.9 Å². The number of non-ortho nitro benzene ring substituents is 1. The summed E-state index contributed by atoms with van der Waals surface area (Å²) >= 11 is 0. The van der Waals surface area contributed by atoms with Crippen LogP contribution < -0.4 is 5.32 Å². The summed E-state index contributed by atoms with van der Waals surface area (Å²) in [6.45, 7) is 11.5. The van der Waals surface area contributed by atoms with Crippen LogP contribution >= 0.6 is 0 Å². The van der Waals surface area contributed by atoms with E-state index in [1.54, 1.807) is 12.1 Å². The molecule has 1 amide bonds. The van der Waals surface area contributed by atoms with E-state index in [0.717, 1.165) is 40.9 Å². The van der Waals surface area contributed by atoms with E-state index in [4.69, 9.17) is 0 Å². The summed E-state index contributed by atoms with van der Waals surface area (Å²) in [5, 5.41) is 14.3. The number of hydrogen-bond acceptors (Lipinski definition) is 3. The number of aromatic nitrogens is 1. The zero-order chi connectivity index (χ0) is 28.6. The number of benzene rings is 2. The van der Waals surface area contributed by atoms with Gasteiger partial charge in [0, 0.05) is 42.2 Å². The molecule has 1 N–H and O–H groups in total. The molecule has 0 saturated heterocycles. The van der Waals surface area contributed by atoms with Crippen LogP contribution in [0.3, 0.4) is 0 Å². The van der Waals surface area contributed by atoms with Crippen molar-refractivity contribution in [2.75, 3.05) is 6.54 Å². The van der Waals surface area contributed by atoms with Gasteiger partial charge < -0.3 is 9.88 Å². The summed E-state index contributed by atoms with van der Waals surface area (Å²) in [5.41, 5.74) is 5.37. The van der Waals surface area contributed by atoms with Gasteiger partial charge in [0.05, 0.1) is 10.5 Å². The summed E-state index contributed by atoms with van der Waals surface area (Å²) in [7, 11) is 0. The van der Waals surface area contributed by atoms with Gasteiger partial charge in [-0.25, -0.2) is 0 Å². The van der Waals surface area contributed by atoms with Gasteiger partial charge >= 0.3 is 0 Å². The van der Waals surface area contributed by atoms with Gasteiger partial charge in [-0.05, 0) is 43.5 Å². The largest absolute Gasteiger partial charge is 0.352 e. The van der Waals surface area contributed by atoms with Crippen LogP contribution in [-0.2, 0) is 6.54 Å². The molecule has 0 atom stereocenters. The number of carbonyl (C=O) groups is 1. The predicted octanol–water partition coefficient (Wildman–Crippen LogP) is 9.02. The van der Waals surface area contributed by atoms with Crippen LogP contribution in [0.2, 0.25) is 0 Å². The molecule has 0 aliphatic rings. The molecule has 0 unspecified atom stereocenters. The number of nitro benzene ring substituents is 1. The number of hydrogen-bond donors (Lipinski definition) is 1. The van der Waals surface area contributed by atoms with Gasteiger partial charge in [0.25, 0.3) is 11.6 Å². The lowest BCUT2D eigenvalue weighted by Gasteiger charge is -2.10. The van der Waals surface area contributed by atoms with Crippen LogP contribution in [0.4, 0.5) is 5.69 Å². The predicted molar refractivity (Wildman–Crippen MR) is 162 cm³/mol. The van der Waals surface area contributed by atoms with Crippen molar-refractivity contribution in [2.45, 2.75) is 99.0 Å². The van der Waals surface area contributed by atoms with Crippen molar-refractivity contribution >= 4 is 11.6 Å². The maximum Gasteiger partial charge on any atom is 0.269 e. The van der Waals surface area contributed by atoms with Crippen molar-refractivity contribution in [2.24, 2.45) is 0 Å². The maximum atomic E-state index is 13.5. The van der Waals surface area contributed by atoms with Gasteiger partial charge in [0.2, 0.25) is 0 Å². The van der Waals surface area contributed by atoms with Gasteiger partial charge in [-0.1, -0.05) is 102 Å². The summed E-state index contributed by atoms with van der Waals surface area (Å²) in [6.07, 6.45) is 11.1. The third-order valence-electron chi connectivity index (χ3n) is 7.13. The minimum Gasteiger partial charge on any atom is -0.352 e. The lowest BCUT2D eigenvalue weighted by molar-refractivity contribution is -0.384. The number of amides is 1. The van der Waals surface area contributed by atoms with E-state index in [1.807, 2.05) is 45.9 Å². The fourth-order valence-corrected chi connectivity index (χ4v) is 4.99. The highest BCUT2D eigenvalue weighted by Gasteiger charge is 2.24. The first-order valence-corrected chi connectivity index (χ1v) is 14.7. The molecule has 39 heavy (non-hydrogen) atoms. The average Bonchev–Trinajstić information content (AvgIpc) is 3.20. The summed E-state index contributed by atoms with van der Waals surface area (Å²) in [4.78, 5) is 24.2. The first kappa shape index (κ1) is 31.8. The molecule has 2 aromatic carbocycles. The minimum atomic E-state index is -0.401. The molecule has 3 rings (SSSR count). The first-order valence-electron chi connectivity index (χ1n) is 14.7. The van der Waals surface area contributed by atoms with E-state index in [1.165, 1.54) is 57.1 Å². The van der Waals surface area contributed by atoms with Crippen LogP contribution in [0.15, 0.2) is 54.6 Å². The SMILES string of the molecule is CC.CCCCCCCCCCCNC(=O)c1c(-c2ccc([N+](=O)[O-])cc2)c(C)n(Cc2ccccc2)c1C. The van der Waals surface area contributed by atoms with E-state index in [0.29, 0.717) is 18.7 Å². The summed E-state index contributed by atoms with van der Waals surface area (Å²) < 4.78 is 2.17. The molecule has 0 fully saturated rings. The highest BCUT2D eigenvalue weighted by atomic mass is 16.6. The third-order valence-corrected chi connectivity index (χ3v) is 7.13. The average molecular weight is 534 g/mol. The lowest BCUT2D eigenvalue weighted by Crippen LogP contribution is -2.25. The Kier molecular flexibility index (Phi) is 14.1. The topological polar surface area (TPSA) is 77.2 Å². The van der Waals surface area contributed by atoms with Gasteiger partial charge in [-0.15, -0.1) is 0 Å². The Balaban J connectivity index is 0.00000260. The first-order chi connectivity index (χ1) is 18.9. The van der Waals surface area contributed by atoms with Crippen molar-refractivity contribution in [3.8, 4) is 11.1 Å². The van der Waals surface area contributed by atoms with E-state index in [-0.39, 0.29) is 11.6 Å². The Hall–Kier alpha value is -3.41. The van der Waals surface area contributed by atoms with Crippen molar-refractivity contribution < 1.29 is 9.72 Å². The molecule has 0 spiro atoms. The highest BCUT2D eigenvalue weighted by molar-refractivity contribution is 6.03. The fraction of sp³-hybridized carbons (Fsp3) is 0.485. The molecular weight excluding hydrogens is 486 g/mol. The van der Waals surface area contributed by atoms with Crippen molar-refractivity contribution in [3.63, 3.8) is 0 Å². The Morgan fingerprint density at radius 1 is 0.821 bits per heavy atom. The van der Waals surface area contributed by atoms with Crippen molar-refractivity contribution in [1.82, 2.24) is 9.88 Å². The number of unbranched alkanes of at least 4 members (excludes halogenated alkanes) is 8. The van der Waals surface area contributed by atoms with Crippen LogP contribution in [0, 0.1) is 24.0 Å². The second-order valence-corrected chi connectivity index (χ2v) is 9.88. The van der Waals surface area contributed by atoms with Gasteiger partial charge in [-0.2, -0.15) is 0 Å². The zero-order valence-electron chi connectivity index (χ0n) is 24.6. The van der Waals surface area contributed by atoms with Crippen LogP contribution in [0.1, 0.15) is 106 Å². The Morgan fingerprint density at radius 2 is 1.38 bits per heavy atom. The maximum absolute atomic E-state index is 13.5. The number of nitrogens with zero attached hydrogens (tertiary/aromatic N) is 2. The summed E-state index contributed by atoms with van der Waals surface area (Å²) in [5.74, 6) is -0.0830. The number of carbonyl (C=O) groups excluding carboxylic acids is 1. The van der Waals surface area contributed by atoms with Gasteiger partial charge in [0.15, 0.2) is 0 Å². The summed E-state index contributed by atoms with van der Waals surface area (Å²) in [6, 6.07) is 16.7. The van der Waals surface area contributed by atoms with E-state index in [2.05, 4.69) is 28.9 Å². The number of nitrogens with one attached hydrogen (secondary N) is 1. The third kappa shape index (κ3) is 9.38. The van der Waals surface area contributed by atoms with E-state index < -0.39 is 4.92 Å². The zero-order valence-corrected chi connectivity index (χ0v) is 24.6. The van der Waals surface area contributed by atoms with Crippen LogP contribution in [0.5, 0.6) is 0 Å². The normalized spacial score (nSPS) is 10.6. The fourth-order valence-electron chi connectivity index (χ4n) is 4.99. The molecule has 6 heteroatoms. The molecule has 1 heterocycles. The van der Waals surface area contributed by atoms with Gasteiger partial charge in [0.1, 0.15) is 0 Å². The number of nitro groups is 1. The molecule has 0 saturated carbocycles. The second-order valence-electron chi connectivity index (χ2n) is 9.88. The minimum absolute atomic E-state index is 0.0400. The van der Waals surface area contributed by atoms with E-state index >= 15 is 0 Å². The standard InChI is InChI=1S/C31H41N3O3.C2H6/c1-4-5-6-7-8-9-10-11-15-22-32-31(35)30-25(3)33(23-26-16-13-12-14-17-26)24(2)29(30)27-18-20-28(21-19-27)34(36)37;1-2/h12-14,16-21H,4-11,15,22-23H2,1-3H3,(H,32,35);1-2H3. The smallest absolute Gasteiger partial charge is 0.269 e. The van der Waals surface area contributed by atoms with Crippen molar-refractivity contribution in [3.05, 3.63) is 87.2 Å². The Bertz CT molecular complexity index is 1150. The molecule has 1 aromatic heterocycles. The van der Waals surface area contributed by atoms with Crippen LogP contribution in [0.25, 0.3) is 11.1 Å². The van der Waals surface area contributed by atoms with Gasteiger partial charge in [-0.3, -0.25) is 14.9 Å². The monoisotopic (exact) mass is 533 g/mol. The molecule has 3 aromatic rings. The molecule has 0 bridgehead atoms. The molecule has 0 aliphatic heterocycles. The Labute approximate surface area is 235 Å². The molecule has 0 aliphatic carbocycles. The number of rotatable bonds is 15. The highest BCUT2D eigenvalue weighted by Crippen LogP contribution is 2.34. The Morgan fingerprint density at radius 3 is 1.95 bits per heavy atom. The lowest BCUT2D eigenvalue weighted by atomic mass is 9.99. The molecule has 0 radical (unpaired) electrons. The van der Waals surface area contributed by atoms with Crippen molar-refractivity contribution in [1.29, 1.82) is 0 Å². The second kappa shape index (κ2) is 17.2. The van der Waals surface area contributed by atoms with E-state index in [9.17, 15) is 14.9 Å². The quantitative estimate of drug-likeness (QED) is 0.120. The molecule has 212 valence electrons. The molecular formula is C33H47N3O3. The molecule has 6 nitrogen and oxygen atoms in total.